The number of rotatable bonds is 9. The lowest BCUT2D eigenvalue weighted by atomic mass is 9.99. The van der Waals surface area contributed by atoms with Crippen LogP contribution < -0.4 is 10.6 Å². The first-order chi connectivity index (χ1) is 15.5. The summed E-state index contributed by atoms with van der Waals surface area (Å²) in [6.45, 7) is 7.04. The number of likely N-dealkylation sites (tertiary alicyclic amines) is 1. The van der Waals surface area contributed by atoms with E-state index < -0.39 is 0 Å². The van der Waals surface area contributed by atoms with Crippen LogP contribution in [-0.2, 0) is 24.4 Å². The van der Waals surface area contributed by atoms with Crippen molar-refractivity contribution in [3.8, 4) is 0 Å². The maximum absolute atomic E-state index is 12.2. The number of carbonyl (C=O) groups is 2. The number of nitrogens with zero attached hydrogens (tertiary/aromatic N) is 2. The van der Waals surface area contributed by atoms with E-state index in [0.717, 1.165) is 23.6 Å². The Bertz CT molecular complexity index is 846. The van der Waals surface area contributed by atoms with Crippen LogP contribution in [0.5, 0.6) is 0 Å². The Labute approximate surface area is 192 Å². The molecule has 0 aliphatic carbocycles. The second kappa shape index (κ2) is 12.2. The van der Waals surface area contributed by atoms with Crippen LogP contribution >= 0.6 is 0 Å². The molecule has 32 heavy (non-hydrogen) atoms. The number of urea groups is 1. The Balaban J connectivity index is 1.31. The molecule has 0 spiro atoms. The molecule has 0 aromatic heterocycles. The van der Waals surface area contributed by atoms with E-state index in [-0.39, 0.29) is 18.4 Å². The summed E-state index contributed by atoms with van der Waals surface area (Å²) in [6.07, 6.45) is 2.83. The van der Waals surface area contributed by atoms with E-state index in [4.69, 9.17) is 0 Å². The number of benzene rings is 2. The minimum atomic E-state index is -0.180. The van der Waals surface area contributed by atoms with Crippen molar-refractivity contribution in [2.75, 3.05) is 26.7 Å². The second-order valence-electron chi connectivity index (χ2n) is 8.88. The Hall–Kier alpha value is -2.86. The summed E-state index contributed by atoms with van der Waals surface area (Å²) in [6, 6.07) is 18.1. The molecule has 0 unspecified atom stereocenters. The van der Waals surface area contributed by atoms with Gasteiger partial charge in [0.25, 0.3) is 0 Å². The number of hydrogen-bond acceptors (Lipinski definition) is 3. The molecule has 1 heterocycles. The molecule has 1 saturated heterocycles. The van der Waals surface area contributed by atoms with E-state index in [2.05, 4.69) is 46.7 Å². The van der Waals surface area contributed by atoms with Crippen LogP contribution in [0.25, 0.3) is 0 Å². The monoisotopic (exact) mass is 436 g/mol. The molecule has 6 heteroatoms. The fourth-order valence-corrected chi connectivity index (χ4v) is 3.88. The highest BCUT2D eigenvalue weighted by Gasteiger charge is 2.15. The van der Waals surface area contributed by atoms with Gasteiger partial charge in [0.15, 0.2) is 0 Å². The molecular weight excluding hydrogens is 400 g/mol. The molecular formula is C26H36N4O2. The zero-order chi connectivity index (χ0) is 22.8. The highest BCUT2D eigenvalue weighted by molar-refractivity contribution is 5.78. The molecule has 0 saturated carbocycles. The number of nitrogens with one attached hydrogen (secondary N) is 2. The Morgan fingerprint density at radius 3 is 2.28 bits per heavy atom. The first kappa shape index (κ1) is 23.8. The lowest BCUT2D eigenvalue weighted by Gasteiger charge is -2.30. The summed E-state index contributed by atoms with van der Waals surface area (Å²) in [5, 5.41) is 5.74. The smallest absolute Gasteiger partial charge is 0.317 e. The van der Waals surface area contributed by atoms with Crippen molar-refractivity contribution in [1.82, 2.24) is 20.4 Å². The van der Waals surface area contributed by atoms with Gasteiger partial charge in [0.05, 0.1) is 0 Å². The average Bonchev–Trinajstić information content (AvgIpc) is 2.80. The van der Waals surface area contributed by atoms with Gasteiger partial charge < -0.3 is 15.5 Å². The first-order valence-corrected chi connectivity index (χ1v) is 11.6. The van der Waals surface area contributed by atoms with Gasteiger partial charge in [-0.1, -0.05) is 61.5 Å². The third-order valence-electron chi connectivity index (χ3n) is 6.03. The lowest BCUT2D eigenvalue weighted by molar-refractivity contribution is -0.121. The average molecular weight is 437 g/mol. The van der Waals surface area contributed by atoms with Crippen LogP contribution in [0.2, 0.25) is 0 Å². The van der Waals surface area contributed by atoms with Crippen molar-refractivity contribution < 1.29 is 9.59 Å². The minimum absolute atomic E-state index is 0.0671. The number of hydrogen-bond donors (Lipinski definition) is 2. The molecule has 1 aliphatic heterocycles. The van der Waals surface area contributed by atoms with E-state index >= 15 is 0 Å². The number of piperidine rings is 1. The quantitative estimate of drug-likeness (QED) is 0.629. The van der Waals surface area contributed by atoms with Gasteiger partial charge in [-0.3, -0.25) is 9.69 Å². The summed E-state index contributed by atoms with van der Waals surface area (Å²) < 4.78 is 0. The van der Waals surface area contributed by atoms with Crippen LogP contribution in [0.3, 0.4) is 0 Å². The minimum Gasteiger partial charge on any atom is -0.352 e. The zero-order valence-electron chi connectivity index (χ0n) is 19.3. The highest BCUT2D eigenvalue weighted by Crippen LogP contribution is 2.18. The summed E-state index contributed by atoms with van der Waals surface area (Å²) in [4.78, 5) is 28.4. The highest BCUT2D eigenvalue weighted by atomic mass is 16.2. The van der Waals surface area contributed by atoms with Crippen LogP contribution in [0.4, 0.5) is 4.79 Å². The maximum Gasteiger partial charge on any atom is 0.317 e. The number of amides is 3. The molecule has 172 valence electrons. The van der Waals surface area contributed by atoms with Gasteiger partial charge in [0, 0.05) is 39.6 Å². The van der Waals surface area contributed by atoms with Crippen molar-refractivity contribution in [3.05, 3.63) is 71.3 Å². The summed E-state index contributed by atoms with van der Waals surface area (Å²) >= 11 is 0. The molecule has 0 atom stereocenters. The number of carbonyl (C=O) groups excluding carboxylic acids is 2. The second-order valence-corrected chi connectivity index (χ2v) is 8.88. The maximum atomic E-state index is 12.2. The predicted octanol–water partition coefficient (Wildman–Crippen LogP) is 3.77. The van der Waals surface area contributed by atoms with Gasteiger partial charge in [0.1, 0.15) is 0 Å². The van der Waals surface area contributed by atoms with E-state index in [1.807, 2.05) is 30.3 Å². The third kappa shape index (κ3) is 8.00. The Morgan fingerprint density at radius 1 is 0.938 bits per heavy atom. The third-order valence-corrected chi connectivity index (χ3v) is 6.03. The standard InChI is InChI=1S/C26H36N4O2/c1-21-13-16-30(17-14-21)20-24-10-8-22(9-11-24)18-28-25(31)12-15-27-26(32)29(2)19-23-6-4-3-5-7-23/h3-11,21H,12-20H2,1-2H3,(H,27,32)(H,28,31). The van der Waals surface area contributed by atoms with Crippen LogP contribution in [0.15, 0.2) is 54.6 Å². The molecule has 6 nitrogen and oxygen atoms in total. The van der Waals surface area contributed by atoms with Gasteiger partial charge in [-0.15, -0.1) is 0 Å². The van der Waals surface area contributed by atoms with Crippen molar-refractivity contribution in [2.24, 2.45) is 5.92 Å². The van der Waals surface area contributed by atoms with Gasteiger partial charge in [-0.2, -0.15) is 0 Å². The van der Waals surface area contributed by atoms with Crippen molar-refractivity contribution in [2.45, 2.75) is 45.8 Å². The molecule has 2 N–H and O–H groups in total. The fourth-order valence-electron chi connectivity index (χ4n) is 3.88. The van der Waals surface area contributed by atoms with Crippen molar-refractivity contribution >= 4 is 11.9 Å². The Morgan fingerprint density at radius 2 is 1.59 bits per heavy atom. The molecule has 1 fully saturated rings. The van der Waals surface area contributed by atoms with Crippen LogP contribution in [0.1, 0.15) is 42.9 Å². The lowest BCUT2D eigenvalue weighted by Crippen LogP contribution is -2.38. The van der Waals surface area contributed by atoms with E-state index in [1.165, 1.54) is 31.5 Å². The van der Waals surface area contributed by atoms with E-state index in [1.54, 1.807) is 11.9 Å². The normalized spacial score (nSPS) is 14.7. The van der Waals surface area contributed by atoms with E-state index in [0.29, 0.717) is 19.6 Å². The molecule has 2 aromatic rings. The van der Waals surface area contributed by atoms with E-state index in [9.17, 15) is 9.59 Å². The largest absolute Gasteiger partial charge is 0.352 e. The summed E-state index contributed by atoms with van der Waals surface area (Å²) in [5.74, 6) is 0.781. The van der Waals surface area contributed by atoms with Gasteiger partial charge in [-0.05, 0) is 48.5 Å². The van der Waals surface area contributed by atoms with Crippen molar-refractivity contribution in [1.29, 1.82) is 0 Å². The fraction of sp³-hybridized carbons (Fsp3) is 0.462. The molecule has 1 aliphatic rings. The molecule has 3 amide bonds. The Kier molecular flexibility index (Phi) is 9.11. The van der Waals surface area contributed by atoms with Crippen LogP contribution in [-0.4, -0.2) is 48.4 Å². The molecule has 0 bridgehead atoms. The van der Waals surface area contributed by atoms with Crippen LogP contribution in [0, 0.1) is 5.92 Å². The molecule has 2 aromatic carbocycles. The van der Waals surface area contributed by atoms with Gasteiger partial charge in [0.2, 0.25) is 5.91 Å². The van der Waals surface area contributed by atoms with Crippen molar-refractivity contribution in [3.63, 3.8) is 0 Å². The first-order valence-electron chi connectivity index (χ1n) is 11.6. The zero-order valence-corrected chi connectivity index (χ0v) is 19.3. The summed E-state index contributed by atoms with van der Waals surface area (Å²) in [5.41, 5.74) is 3.47. The predicted molar refractivity (Wildman–Crippen MR) is 128 cm³/mol. The molecule has 3 rings (SSSR count). The SMILES string of the molecule is CC1CCN(Cc2ccc(CNC(=O)CCNC(=O)N(C)Cc3ccccc3)cc2)CC1. The molecule has 0 radical (unpaired) electrons. The summed E-state index contributed by atoms with van der Waals surface area (Å²) in [7, 11) is 1.75. The topological polar surface area (TPSA) is 64.7 Å². The van der Waals surface area contributed by atoms with Gasteiger partial charge >= 0.3 is 6.03 Å². The van der Waals surface area contributed by atoms with Gasteiger partial charge in [-0.25, -0.2) is 4.79 Å².